The van der Waals surface area contributed by atoms with Crippen LogP contribution < -0.4 is 4.72 Å². The number of hydrogen-bond acceptors (Lipinski definition) is 4. The van der Waals surface area contributed by atoms with Crippen molar-refractivity contribution in [1.82, 2.24) is 9.71 Å². The van der Waals surface area contributed by atoms with Crippen molar-refractivity contribution in [2.45, 2.75) is 17.4 Å². The van der Waals surface area contributed by atoms with E-state index in [0.717, 1.165) is 0 Å². The van der Waals surface area contributed by atoms with Gasteiger partial charge in [-0.05, 0) is 30.3 Å². The number of fused-ring (bicyclic) bond motifs is 1. The minimum absolute atomic E-state index is 0.111. The minimum Gasteiger partial charge on any atom is -0.386 e. The number of rotatable bonds is 5. The van der Waals surface area contributed by atoms with E-state index in [-0.39, 0.29) is 10.0 Å². The molecule has 0 saturated carbocycles. The van der Waals surface area contributed by atoms with Crippen LogP contribution in [0.15, 0.2) is 35.2 Å². The number of aliphatic hydroxyl groups is 1. The second-order valence-corrected chi connectivity index (χ2v) is 6.40. The van der Waals surface area contributed by atoms with Gasteiger partial charge in [0.1, 0.15) is 11.3 Å². The van der Waals surface area contributed by atoms with Crippen molar-refractivity contribution in [3.8, 4) is 0 Å². The fraction of sp³-hybridized carbons (Fsp3) is 0.250. The van der Waals surface area contributed by atoms with Gasteiger partial charge >= 0.3 is 0 Å². The quantitative estimate of drug-likeness (QED) is 0.816. The van der Waals surface area contributed by atoms with Gasteiger partial charge in [-0.1, -0.05) is 11.6 Å². The van der Waals surface area contributed by atoms with Gasteiger partial charge in [-0.25, -0.2) is 26.9 Å². The highest BCUT2D eigenvalue weighted by molar-refractivity contribution is 7.89. The zero-order valence-electron chi connectivity index (χ0n) is 10.5. The molecule has 114 valence electrons. The summed E-state index contributed by atoms with van der Waals surface area (Å²) in [6, 6.07) is 7.18. The predicted octanol–water partition coefficient (Wildman–Crippen LogP) is 1.79. The van der Waals surface area contributed by atoms with Crippen molar-refractivity contribution in [3.05, 3.63) is 35.5 Å². The Morgan fingerprint density at radius 3 is 2.67 bits per heavy atom. The lowest BCUT2D eigenvalue weighted by atomic mass is 10.2. The molecule has 0 aliphatic carbocycles. The van der Waals surface area contributed by atoms with Gasteiger partial charge in [-0.15, -0.1) is 0 Å². The molecule has 0 bridgehead atoms. The van der Waals surface area contributed by atoms with Crippen molar-refractivity contribution in [3.63, 3.8) is 0 Å². The number of aromatic nitrogens is 1. The predicted molar refractivity (Wildman–Crippen MR) is 74.0 cm³/mol. The number of benzene rings is 1. The molecule has 0 fully saturated rings. The number of aliphatic hydroxyl groups excluding tert-OH is 1. The van der Waals surface area contributed by atoms with E-state index >= 15 is 0 Å². The monoisotopic (exact) mass is 336 g/mol. The fourth-order valence-corrected chi connectivity index (χ4v) is 2.85. The first-order valence-corrected chi connectivity index (χ1v) is 7.68. The highest BCUT2D eigenvalue weighted by Crippen LogP contribution is 2.19. The summed E-state index contributed by atoms with van der Waals surface area (Å²) in [5.74, 6) is 0. The molecule has 1 aromatic heterocycles. The molecule has 1 atom stereocenters. The number of nitrogens with one attached hydrogen (secondary N) is 1. The van der Waals surface area contributed by atoms with Crippen molar-refractivity contribution >= 4 is 32.5 Å². The van der Waals surface area contributed by atoms with Crippen molar-refractivity contribution in [1.29, 1.82) is 0 Å². The van der Waals surface area contributed by atoms with Crippen molar-refractivity contribution in [2.24, 2.45) is 0 Å². The average molecular weight is 337 g/mol. The van der Waals surface area contributed by atoms with E-state index in [1.165, 1.54) is 24.3 Å². The molecule has 0 spiro atoms. The number of nitrogens with zero attached hydrogens (tertiary/aromatic N) is 1. The largest absolute Gasteiger partial charge is 0.386 e. The molecule has 5 nitrogen and oxygen atoms in total. The zero-order chi connectivity index (χ0) is 15.6. The van der Waals surface area contributed by atoms with Crippen LogP contribution in [0.3, 0.4) is 0 Å². The molecule has 0 aliphatic rings. The maximum Gasteiger partial charge on any atom is 0.265 e. The van der Waals surface area contributed by atoms with Gasteiger partial charge in [0.25, 0.3) is 6.43 Å². The molecule has 0 radical (unpaired) electrons. The Kier molecular flexibility index (Phi) is 4.72. The Balaban J connectivity index is 2.26. The Bertz CT molecular complexity index is 755. The molecule has 1 aromatic carbocycles. The Morgan fingerprint density at radius 2 is 2.00 bits per heavy atom. The standard InChI is InChI=1S/C12H11ClF2N2O3S/c13-11-4-1-7-5-8(2-3-9(7)17-11)21(19,20)16-6-10(18)12(14)15/h1-5,10,12,16,18H,6H2. The summed E-state index contributed by atoms with van der Waals surface area (Å²) in [5, 5.41) is 9.75. The Labute approximate surface area is 124 Å². The molecule has 0 saturated heterocycles. The molecular formula is C12H11ClF2N2O3S. The van der Waals surface area contributed by atoms with E-state index in [1.807, 2.05) is 4.72 Å². The third kappa shape index (κ3) is 3.85. The van der Waals surface area contributed by atoms with Crippen LogP contribution in [0.4, 0.5) is 8.78 Å². The first-order chi connectivity index (χ1) is 9.79. The Morgan fingerprint density at radius 1 is 1.29 bits per heavy atom. The second-order valence-electron chi connectivity index (χ2n) is 4.24. The second kappa shape index (κ2) is 6.18. The van der Waals surface area contributed by atoms with Crippen LogP contribution in [0.25, 0.3) is 10.9 Å². The number of sulfonamides is 1. The van der Waals surface area contributed by atoms with Crippen molar-refractivity contribution < 1.29 is 22.3 Å². The van der Waals surface area contributed by atoms with E-state index in [4.69, 9.17) is 16.7 Å². The van der Waals surface area contributed by atoms with Gasteiger partial charge in [0.05, 0.1) is 10.4 Å². The van der Waals surface area contributed by atoms with Crippen molar-refractivity contribution in [2.75, 3.05) is 6.54 Å². The van der Waals surface area contributed by atoms with Crippen LogP contribution in [0, 0.1) is 0 Å². The first kappa shape index (κ1) is 16.0. The number of alkyl halides is 2. The van der Waals surface area contributed by atoms with Crippen LogP contribution in [0.2, 0.25) is 5.15 Å². The molecule has 0 aliphatic heterocycles. The van der Waals surface area contributed by atoms with Gasteiger partial charge in [-0.2, -0.15) is 0 Å². The third-order valence-corrected chi connectivity index (χ3v) is 4.34. The highest BCUT2D eigenvalue weighted by atomic mass is 35.5. The molecule has 2 rings (SSSR count). The van der Waals surface area contributed by atoms with Gasteiger partial charge in [0.15, 0.2) is 0 Å². The summed E-state index contributed by atoms with van der Waals surface area (Å²) < 4.78 is 50.1. The lowest BCUT2D eigenvalue weighted by Gasteiger charge is -2.11. The van der Waals surface area contributed by atoms with Crippen LogP contribution in [-0.4, -0.2) is 37.6 Å². The maximum atomic E-state index is 12.1. The SMILES string of the molecule is O=S(=O)(NCC(O)C(F)F)c1ccc2nc(Cl)ccc2c1. The normalized spacial score (nSPS) is 13.8. The van der Waals surface area contributed by atoms with E-state index in [0.29, 0.717) is 10.9 Å². The lowest BCUT2D eigenvalue weighted by molar-refractivity contribution is -0.000451. The topological polar surface area (TPSA) is 79.3 Å². The molecule has 21 heavy (non-hydrogen) atoms. The van der Waals surface area contributed by atoms with E-state index in [1.54, 1.807) is 6.07 Å². The van der Waals surface area contributed by atoms with Gasteiger partial charge in [0.2, 0.25) is 10.0 Å². The minimum atomic E-state index is -3.99. The van der Waals surface area contributed by atoms with E-state index in [9.17, 15) is 17.2 Å². The summed E-state index contributed by atoms with van der Waals surface area (Å²) in [5.41, 5.74) is 0.508. The van der Waals surface area contributed by atoms with Gasteiger partial charge in [-0.3, -0.25) is 0 Å². The average Bonchev–Trinajstić information content (AvgIpc) is 2.44. The molecule has 0 amide bonds. The summed E-state index contributed by atoms with van der Waals surface area (Å²) in [6.07, 6.45) is -5.07. The first-order valence-electron chi connectivity index (χ1n) is 5.82. The maximum absolute atomic E-state index is 12.1. The van der Waals surface area contributed by atoms with E-state index < -0.39 is 29.1 Å². The van der Waals surface area contributed by atoms with Crippen LogP contribution >= 0.6 is 11.6 Å². The van der Waals surface area contributed by atoms with Gasteiger partial charge < -0.3 is 5.11 Å². The molecule has 1 heterocycles. The lowest BCUT2D eigenvalue weighted by Crippen LogP contribution is -2.35. The molecular weight excluding hydrogens is 326 g/mol. The Hall–Kier alpha value is -1.35. The molecule has 1 unspecified atom stereocenters. The molecule has 2 aromatic rings. The van der Waals surface area contributed by atoms with E-state index in [2.05, 4.69) is 4.98 Å². The molecule has 2 N–H and O–H groups in total. The number of hydrogen-bond donors (Lipinski definition) is 2. The van der Waals surface area contributed by atoms with Crippen LogP contribution in [0.5, 0.6) is 0 Å². The fourth-order valence-electron chi connectivity index (χ4n) is 1.61. The summed E-state index contributed by atoms with van der Waals surface area (Å²) in [6.45, 7) is -0.767. The number of halogens is 3. The third-order valence-electron chi connectivity index (χ3n) is 2.71. The smallest absolute Gasteiger partial charge is 0.265 e. The summed E-state index contributed by atoms with van der Waals surface area (Å²) in [7, 11) is -3.99. The van der Waals surface area contributed by atoms with Gasteiger partial charge in [0, 0.05) is 11.9 Å². The molecule has 9 heteroatoms. The summed E-state index contributed by atoms with van der Waals surface area (Å²) in [4.78, 5) is 3.90. The summed E-state index contributed by atoms with van der Waals surface area (Å²) >= 11 is 5.72. The highest BCUT2D eigenvalue weighted by Gasteiger charge is 2.21. The van der Waals surface area contributed by atoms with Crippen LogP contribution in [-0.2, 0) is 10.0 Å². The van der Waals surface area contributed by atoms with Crippen LogP contribution in [0.1, 0.15) is 0 Å². The number of pyridine rings is 1. The zero-order valence-corrected chi connectivity index (χ0v) is 12.1.